The number of hydrogen-bond acceptors (Lipinski definition) is 2. The number of rotatable bonds is 4. The van der Waals surface area contributed by atoms with Crippen molar-refractivity contribution < 1.29 is 9.59 Å². The summed E-state index contributed by atoms with van der Waals surface area (Å²) >= 11 is 6.15. The average molecular weight is 385 g/mol. The first-order chi connectivity index (χ1) is 12.9. The van der Waals surface area contributed by atoms with E-state index in [1.165, 1.54) is 0 Å². The first-order valence-electron chi connectivity index (χ1n) is 9.32. The third kappa shape index (κ3) is 4.89. The van der Waals surface area contributed by atoms with Crippen molar-refractivity contribution in [2.75, 3.05) is 13.1 Å². The van der Waals surface area contributed by atoms with Gasteiger partial charge in [0.2, 0.25) is 5.91 Å². The van der Waals surface area contributed by atoms with E-state index in [0.717, 1.165) is 29.5 Å². The van der Waals surface area contributed by atoms with Crippen LogP contribution in [0, 0.1) is 19.8 Å². The third-order valence-corrected chi connectivity index (χ3v) is 5.33. The molecule has 1 heterocycles. The van der Waals surface area contributed by atoms with E-state index >= 15 is 0 Å². The SMILES string of the molecule is Cc1cc(C)cc(C(=O)N2CCC[C@@H](C(=O)NCc3ccccc3Cl)C2)c1. The minimum atomic E-state index is -0.184. The molecule has 4 nitrogen and oxygen atoms in total. The molecule has 1 aliphatic rings. The molecule has 2 aromatic carbocycles. The van der Waals surface area contributed by atoms with Gasteiger partial charge in [0.1, 0.15) is 0 Å². The summed E-state index contributed by atoms with van der Waals surface area (Å²) in [5.74, 6) is -0.200. The standard InChI is InChI=1S/C22H25ClN2O2/c1-15-10-16(2)12-19(11-15)22(27)25-9-5-7-18(14-25)21(26)24-13-17-6-3-4-8-20(17)23/h3-4,6,8,10-12,18H,5,7,9,13-14H2,1-2H3,(H,24,26)/t18-/m1/s1. The quantitative estimate of drug-likeness (QED) is 0.861. The van der Waals surface area contributed by atoms with E-state index in [1.54, 1.807) is 4.90 Å². The van der Waals surface area contributed by atoms with Crippen molar-refractivity contribution in [3.63, 3.8) is 0 Å². The molecule has 1 N–H and O–H groups in total. The van der Waals surface area contributed by atoms with Gasteiger partial charge in [0.15, 0.2) is 0 Å². The maximum atomic E-state index is 12.9. The van der Waals surface area contributed by atoms with E-state index in [9.17, 15) is 9.59 Å². The van der Waals surface area contributed by atoms with Crippen molar-refractivity contribution >= 4 is 23.4 Å². The minimum Gasteiger partial charge on any atom is -0.352 e. The molecule has 0 bridgehead atoms. The van der Waals surface area contributed by atoms with Crippen molar-refractivity contribution in [3.8, 4) is 0 Å². The molecule has 0 spiro atoms. The lowest BCUT2D eigenvalue weighted by Crippen LogP contribution is -2.45. The molecule has 2 aromatic rings. The van der Waals surface area contributed by atoms with Crippen LogP contribution in [-0.4, -0.2) is 29.8 Å². The molecule has 1 saturated heterocycles. The maximum absolute atomic E-state index is 12.9. The van der Waals surface area contributed by atoms with E-state index in [1.807, 2.05) is 50.2 Å². The molecule has 142 valence electrons. The Bertz CT molecular complexity index is 830. The molecule has 0 aliphatic carbocycles. The topological polar surface area (TPSA) is 49.4 Å². The highest BCUT2D eigenvalue weighted by molar-refractivity contribution is 6.31. The summed E-state index contributed by atoms with van der Waals surface area (Å²) in [6.07, 6.45) is 1.63. The van der Waals surface area contributed by atoms with E-state index in [2.05, 4.69) is 11.4 Å². The number of hydrogen-bond donors (Lipinski definition) is 1. The monoisotopic (exact) mass is 384 g/mol. The number of benzene rings is 2. The molecule has 5 heteroatoms. The largest absolute Gasteiger partial charge is 0.352 e. The van der Waals surface area contributed by atoms with E-state index in [4.69, 9.17) is 11.6 Å². The Balaban J connectivity index is 1.62. The Labute approximate surface area is 165 Å². The van der Waals surface area contributed by atoms with Crippen molar-refractivity contribution in [2.24, 2.45) is 5.92 Å². The number of nitrogens with one attached hydrogen (secondary N) is 1. The second-order valence-corrected chi connectivity index (χ2v) is 7.68. The Morgan fingerprint density at radius 2 is 1.85 bits per heavy atom. The van der Waals surface area contributed by atoms with Crippen LogP contribution in [0.2, 0.25) is 5.02 Å². The first kappa shape index (κ1) is 19.4. The van der Waals surface area contributed by atoms with Crippen LogP contribution in [0.5, 0.6) is 0 Å². The number of carbonyl (C=O) groups excluding carboxylic acids is 2. The summed E-state index contributed by atoms with van der Waals surface area (Å²) in [6, 6.07) is 13.4. The number of aryl methyl sites for hydroxylation is 2. The normalized spacial score (nSPS) is 16.9. The van der Waals surface area contributed by atoms with Crippen LogP contribution in [0.3, 0.4) is 0 Å². The maximum Gasteiger partial charge on any atom is 0.253 e. The Morgan fingerprint density at radius 3 is 2.56 bits per heavy atom. The van der Waals surface area contributed by atoms with Crippen LogP contribution >= 0.6 is 11.6 Å². The summed E-state index contributed by atoms with van der Waals surface area (Å²) in [5.41, 5.74) is 3.74. The van der Waals surface area contributed by atoms with E-state index in [0.29, 0.717) is 30.2 Å². The molecule has 0 radical (unpaired) electrons. The lowest BCUT2D eigenvalue weighted by atomic mass is 9.96. The molecular formula is C22H25ClN2O2. The highest BCUT2D eigenvalue weighted by Gasteiger charge is 2.29. The molecule has 0 aromatic heterocycles. The Hall–Kier alpha value is -2.33. The Morgan fingerprint density at radius 1 is 1.15 bits per heavy atom. The van der Waals surface area contributed by atoms with Gasteiger partial charge in [0.05, 0.1) is 5.92 Å². The number of nitrogens with zero attached hydrogens (tertiary/aromatic N) is 1. The summed E-state index contributed by atoms with van der Waals surface area (Å²) in [5, 5.41) is 3.61. The van der Waals surface area contributed by atoms with Gasteiger partial charge >= 0.3 is 0 Å². The summed E-state index contributed by atoms with van der Waals surface area (Å²) in [7, 11) is 0. The molecule has 1 aliphatic heterocycles. The molecule has 1 atom stereocenters. The van der Waals surface area contributed by atoms with Crippen LogP contribution in [0.1, 0.15) is 39.9 Å². The van der Waals surface area contributed by atoms with Crippen LogP contribution in [0.25, 0.3) is 0 Å². The molecule has 0 unspecified atom stereocenters. The van der Waals surface area contributed by atoms with Gasteiger partial charge in [-0.1, -0.05) is 47.0 Å². The highest BCUT2D eigenvalue weighted by atomic mass is 35.5. The van der Waals surface area contributed by atoms with Crippen molar-refractivity contribution in [3.05, 3.63) is 69.7 Å². The van der Waals surface area contributed by atoms with Gasteiger partial charge in [-0.25, -0.2) is 0 Å². The molecule has 27 heavy (non-hydrogen) atoms. The van der Waals surface area contributed by atoms with E-state index in [-0.39, 0.29) is 17.7 Å². The van der Waals surface area contributed by atoms with Gasteiger partial charge in [-0.05, 0) is 50.5 Å². The van der Waals surface area contributed by atoms with Gasteiger partial charge in [-0.2, -0.15) is 0 Å². The van der Waals surface area contributed by atoms with Crippen LogP contribution < -0.4 is 5.32 Å². The van der Waals surface area contributed by atoms with Gasteiger partial charge in [-0.15, -0.1) is 0 Å². The van der Waals surface area contributed by atoms with Crippen molar-refractivity contribution in [2.45, 2.75) is 33.2 Å². The number of carbonyl (C=O) groups is 2. The van der Waals surface area contributed by atoms with E-state index < -0.39 is 0 Å². The fourth-order valence-corrected chi connectivity index (χ4v) is 3.83. The lowest BCUT2D eigenvalue weighted by molar-refractivity contribution is -0.126. The van der Waals surface area contributed by atoms with Gasteiger partial charge < -0.3 is 10.2 Å². The minimum absolute atomic E-state index is 0.00500. The molecule has 2 amide bonds. The van der Waals surface area contributed by atoms with Crippen LogP contribution in [-0.2, 0) is 11.3 Å². The third-order valence-electron chi connectivity index (χ3n) is 4.96. The van der Waals surface area contributed by atoms with Crippen LogP contribution in [0.15, 0.2) is 42.5 Å². The predicted octanol–water partition coefficient (Wildman–Crippen LogP) is 4.13. The molecule has 3 rings (SSSR count). The highest BCUT2D eigenvalue weighted by Crippen LogP contribution is 2.21. The predicted molar refractivity (Wildman–Crippen MR) is 108 cm³/mol. The van der Waals surface area contributed by atoms with Gasteiger partial charge in [-0.3, -0.25) is 9.59 Å². The van der Waals surface area contributed by atoms with Gasteiger partial charge in [0.25, 0.3) is 5.91 Å². The zero-order valence-corrected chi connectivity index (χ0v) is 16.6. The number of piperidine rings is 1. The zero-order valence-electron chi connectivity index (χ0n) is 15.8. The summed E-state index contributed by atoms with van der Waals surface area (Å²) < 4.78 is 0. The number of likely N-dealkylation sites (tertiary alicyclic amines) is 1. The molecule has 0 saturated carbocycles. The smallest absolute Gasteiger partial charge is 0.253 e. The molecular weight excluding hydrogens is 360 g/mol. The fraction of sp³-hybridized carbons (Fsp3) is 0.364. The molecule has 1 fully saturated rings. The number of amides is 2. The van der Waals surface area contributed by atoms with Crippen molar-refractivity contribution in [1.29, 1.82) is 0 Å². The van der Waals surface area contributed by atoms with Gasteiger partial charge in [0, 0.05) is 30.2 Å². The number of halogens is 1. The average Bonchev–Trinajstić information content (AvgIpc) is 2.66. The van der Waals surface area contributed by atoms with Crippen LogP contribution in [0.4, 0.5) is 0 Å². The lowest BCUT2D eigenvalue weighted by Gasteiger charge is -2.32. The second-order valence-electron chi connectivity index (χ2n) is 7.28. The van der Waals surface area contributed by atoms with Crippen molar-refractivity contribution in [1.82, 2.24) is 10.2 Å². The summed E-state index contributed by atoms with van der Waals surface area (Å²) in [4.78, 5) is 27.3. The Kier molecular flexibility index (Phi) is 6.17. The first-order valence-corrected chi connectivity index (χ1v) is 9.70. The fourth-order valence-electron chi connectivity index (χ4n) is 3.62. The summed E-state index contributed by atoms with van der Waals surface area (Å²) in [6.45, 7) is 5.54. The zero-order chi connectivity index (χ0) is 19.4. The second kappa shape index (κ2) is 8.57.